The second-order valence-corrected chi connectivity index (χ2v) is 8.86. The van der Waals surface area contributed by atoms with Crippen molar-refractivity contribution in [2.75, 3.05) is 6.54 Å². The highest BCUT2D eigenvalue weighted by Crippen LogP contribution is 2.32. The number of nitrogens with one attached hydrogen (secondary N) is 1. The minimum atomic E-state index is -4.37. The molecule has 3 aromatic carbocycles. The van der Waals surface area contributed by atoms with Gasteiger partial charge in [0.1, 0.15) is 11.9 Å². The number of ether oxygens (including phenoxy) is 1. The Morgan fingerprint density at radius 1 is 0.889 bits per heavy atom. The number of carbonyl (C=O) groups excluding carboxylic acids is 1. The van der Waals surface area contributed by atoms with Gasteiger partial charge in [-0.1, -0.05) is 50.2 Å². The lowest BCUT2D eigenvalue weighted by molar-refractivity contribution is -0.138. The highest BCUT2D eigenvalue weighted by atomic mass is 19.4. The first kappa shape index (κ1) is 26.8. The lowest BCUT2D eigenvalue weighted by Crippen LogP contribution is -2.25. The number of hydrogen-bond acceptors (Lipinski definition) is 3. The summed E-state index contributed by atoms with van der Waals surface area (Å²) in [5, 5.41) is 11.2. The lowest BCUT2D eigenvalue weighted by atomic mass is 9.96. The summed E-state index contributed by atoms with van der Waals surface area (Å²) in [6.45, 7) is 4.21. The molecule has 0 saturated heterocycles. The Hall–Kier alpha value is -3.81. The van der Waals surface area contributed by atoms with Gasteiger partial charge in [0.15, 0.2) is 0 Å². The summed E-state index contributed by atoms with van der Waals surface area (Å²) in [4.78, 5) is 22.7. The Balaban J connectivity index is 1.70. The fraction of sp³-hybridized carbons (Fsp3) is 0.286. The molecule has 3 rings (SSSR count). The molecule has 3 aromatic rings. The van der Waals surface area contributed by atoms with Crippen molar-refractivity contribution in [2.45, 2.75) is 39.0 Å². The number of halogens is 3. The Labute approximate surface area is 207 Å². The van der Waals surface area contributed by atoms with Crippen LogP contribution in [-0.2, 0) is 11.0 Å². The molecule has 0 saturated carbocycles. The smallest absolute Gasteiger partial charge is 0.416 e. The molecule has 1 amide bonds. The van der Waals surface area contributed by atoms with Gasteiger partial charge < -0.3 is 15.2 Å². The van der Waals surface area contributed by atoms with Crippen LogP contribution in [0.25, 0.3) is 11.1 Å². The van der Waals surface area contributed by atoms with E-state index in [9.17, 15) is 22.8 Å². The SMILES string of the molecule is CC(C)C[C@@H](Oc1ccc(C(=O)NCCC(=O)O)cc1)c1ccc(-c2ccc(C(F)(F)F)cc2)cc1. The van der Waals surface area contributed by atoms with Crippen LogP contribution in [0, 0.1) is 5.92 Å². The molecule has 36 heavy (non-hydrogen) atoms. The first-order valence-electron chi connectivity index (χ1n) is 11.6. The van der Waals surface area contributed by atoms with Gasteiger partial charge in [0.05, 0.1) is 12.0 Å². The number of hydrogen-bond donors (Lipinski definition) is 2. The van der Waals surface area contributed by atoms with Crippen LogP contribution in [0.1, 0.15) is 54.3 Å². The van der Waals surface area contributed by atoms with E-state index >= 15 is 0 Å². The molecule has 2 N–H and O–H groups in total. The Morgan fingerprint density at radius 2 is 1.44 bits per heavy atom. The van der Waals surface area contributed by atoms with Crippen LogP contribution in [0.3, 0.4) is 0 Å². The van der Waals surface area contributed by atoms with Gasteiger partial charge in [-0.15, -0.1) is 0 Å². The summed E-state index contributed by atoms with van der Waals surface area (Å²) in [6, 6.07) is 19.2. The molecule has 190 valence electrons. The predicted octanol–water partition coefficient (Wildman–Crippen LogP) is 6.74. The average Bonchev–Trinajstić information content (AvgIpc) is 2.83. The molecule has 0 unspecified atom stereocenters. The number of rotatable bonds is 10. The largest absolute Gasteiger partial charge is 0.486 e. The zero-order chi connectivity index (χ0) is 26.3. The molecule has 0 aromatic heterocycles. The molecule has 5 nitrogen and oxygen atoms in total. The van der Waals surface area contributed by atoms with Crippen LogP contribution in [0.4, 0.5) is 13.2 Å². The lowest BCUT2D eigenvalue weighted by Gasteiger charge is -2.22. The second-order valence-electron chi connectivity index (χ2n) is 8.86. The third-order valence-electron chi connectivity index (χ3n) is 5.53. The quantitative estimate of drug-likeness (QED) is 0.324. The van der Waals surface area contributed by atoms with E-state index in [1.165, 1.54) is 12.1 Å². The second kappa shape index (κ2) is 11.7. The van der Waals surface area contributed by atoms with Crippen LogP contribution in [0.2, 0.25) is 0 Å². The number of carboxylic acid groups (broad SMARTS) is 1. The molecule has 8 heteroatoms. The maximum atomic E-state index is 12.8. The zero-order valence-corrected chi connectivity index (χ0v) is 20.0. The van der Waals surface area contributed by atoms with E-state index in [1.54, 1.807) is 24.3 Å². The molecule has 0 aliphatic carbocycles. The van der Waals surface area contributed by atoms with E-state index in [0.29, 0.717) is 22.8 Å². The van der Waals surface area contributed by atoms with Crippen LogP contribution < -0.4 is 10.1 Å². The Kier molecular flexibility index (Phi) is 8.74. The molecule has 0 bridgehead atoms. The van der Waals surface area contributed by atoms with Crippen molar-refractivity contribution in [1.29, 1.82) is 0 Å². The van der Waals surface area contributed by atoms with Gasteiger partial charge in [-0.2, -0.15) is 13.2 Å². The predicted molar refractivity (Wildman–Crippen MR) is 131 cm³/mol. The van der Waals surface area contributed by atoms with E-state index < -0.39 is 17.7 Å². The van der Waals surface area contributed by atoms with Gasteiger partial charge in [0.2, 0.25) is 0 Å². The fourth-order valence-electron chi connectivity index (χ4n) is 3.66. The Bertz CT molecular complexity index is 1160. The van der Waals surface area contributed by atoms with Crippen LogP contribution in [0.15, 0.2) is 72.8 Å². The minimum absolute atomic E-state index is 0.0470. The van der Waals surface area contributed by atoms with Crippen LogP contribution in [0.5, 0.6) is 5.75 Å². The summed E-state index contributed by atoms with van der Waals surface area (Å²) in [6.07, 6.45) is -4.05. The Morgan fingerprint density at radius 3 is 1.94 bits per heavy atom. The van der Waals surface area contributed by atoms with Crippen molar-refractivity contribution in [2.24, 2.45) is 5.92 Å². The van der Waals surface area contributed by atoms with E-state index in [-0.39, 0.29) is 25.0 Å². The van der Waals surface area contributed by atoms with Gasteiger partial charge in [0, 0.05) is 12.1 Å². The standard InChI is InChI=1S/C28H28F3NO4/c1-18(2)17-25(36-24-13-9-22(10-14-24)27(35)32-16-15-26(33)34)21-5-3-19(4-6-21)20-7-11-23(12-8-20)28(29,30)31/h3-14,18,25H,15-17H2,1-2H3,(H,32,35)(H,33,34)/t25-/m1/s1. The molecule has 0 radical (unpaired) electrons. The van der Waals surface area contributed by atoms with Crippen molar-refractivity contribution in [1.82, 2.24) is 5.32 Å². The number of amides is 1. The minimum Gasteiger partial charge on any atom is -0.486 e. The van der Waals surface area contributed by atoms with Crippen molar-refractivity contribution in [3.8, 4) is 16.9 Å². The van der Waals surface area contributed by atoms with Gasteiger partial charge in [-0.25, -0.2) is 0 Å². The highest BCUT2D eigenvalue weighted by Gasteiger charge is 2.30. The number of alkyl halides is 3. The van der Waals surface area contributed by atoms with E-state index in [2.05, 4.69) is 19.2 Å². The van der Waals surface area contributed by atoms with Crippen molar-refractivity contribution >= 4 is 11.9 Å². The summed E-state index contributed by atoms with van der Waals surface area (Å²) in [5.41, 5.74) is 2.13. The molecule has 0 fully saturated rings. The summed E-state index contributed by atoms with van der Waals surface area (Å²) in [7, 11) is 0. The summed E-state index contributed by atoms with van der Waals surface area (Å²) < 4.78 is 44.7. The van der Waals surface area contributed by atoms with Crippen molar-refractivity contribution in [3.63, 3.8) is 0 Å². The third-order valence-corrected chi connectivity index (χ3v) is 5.53. The van der Waals surface area contributed by atoms with Gasteiger partial charge in [-0.3, -0.25) is 9.59 Å². The van der Waals surface area contributed by atoms with Gasteiger partial charge in [0.25, 0.3) is 5.91 Å². The summed E-state index contributed by atoms with van der Waals surface area (Å²) in [5.74, 6) is -0.429. The van der Waals surface area contributed by atoms with Gasteiger partial charge >= 0.3 is 12.1 Å². The highest BCUT2D eigenvalue weighted by molar-refractivity contribution is 5.94. The zero-order valence-electron chi connectivity index (χ0n) is 20.0. The number of aliphatic carboxylic acids is 1. The molecule has 1 atom stereocenters. The molecule has 0 aliphatic rings. The molecular weight excluding hydrogens is 471 g/mol. The molecular formula is C28H28F3NO4. The topological polar surface area (TPSA) is 75.6 Å². The molecule has 0 heterocycles. The van der Waals surface area contributed by atoms with Crippen molar-refractivity contribution in [3.05, 3.63) is 89.5 Å². The van der Waals surface area contributed by atoms with E-state index in [1.807, 2.05) is 24.3 Å². The summed E-state index contributed by atoms with van der Waals surface area (Å²) >= 11 is 0. The van der Waals surface area contributed by atoms with E-state index in [4.69, 9.17) is 9.84 Å². The van der Waals surface area contributed by atoms with E-state index in [0.717, 1.165) is 29.7 Å². The number of carbonyl (C=O) groups is 2. The monoisotopic (exact) mass is 499 g/mol. The normalized spacial score (nSPS) is 12.3. The third kappa shape index (κ3) is 7.60. The maximum absolute atomic E-state index is 12.8. The number of carboxylic acids is 1. The maximum Gasteiger partial charge on any atom is 0.416 e. The van der Waals surface area contributed by atoms with Crippen LogP contribution >= 0.6 is 0 Å². The average molecular weight is 500 g/mol. The first-order valence-corrected chi connectivity index (χ1v) is 11.6. The van der Waals surface area contributed by atoms with Crippen molar-refractivity contribution < 1.29 is 32.6 Å². The first-order chi connectivity index (χ1) is 17.0. The van der Waals surface area contributed by atoms with Gasteiger partial charge in [-0.05, 0) is 65.4 Å². The van der Waals surface area contributed by atoms with Crippen LogP contribution in [-0.4, -0.2) is 23.5 Å². The number of benzene rings is 3. The molecule has 0 aliphatic heterocycles. The molecule has 0 spiro atoms. The fourth-order valence-corrected chi connectivity index (χ4v) is 3.66.